The quantitative estimate of drug-likeness (QED) is 0.765. The van der Waals surface area contributed by atoms with Gasteiger partial charge in [0.25, 0.3) is 0 Å². The number of nitrogens with two attached hydrogens (primary N) is 1. The van der Waals surface area contributed by atoms with Crippen LogP contribution in [0.25, 0.3) is 0 Å². The summed E-state index contributed by atoms with van der Waals surface area (Å²) in [6.07, 6.45) is 2.88. The van der Waals surface area contributed by atoms with Gasteiger partial charge in [0.05, 0.1) is 10.9 Å². The second-order valence-electron chi connectivity index (χ2n) is 4.97. The van der Waals surface area contributed by atoms with Gasteiger partial charge in [-0.3, -0.25) is 4.79 Å². The van der Waals surface area contributed by atoms with Gasteiger partial charge in [-0.15, -0.1) is 0 Å². The van der Waals surface area contributed by atoms with Crippen LogP contribution in [-0.2, 0) is 14.8 Å². The van der Waals surface area contributed by atoms with Gasteiger partial charge in [-0.2, -0.15) is 0 Å². The van der Waals surface area contributed by atoms with E-state index >= 15 is 0 Å². The molecule has 0 bridgehead atoms. The lowest BCUT2D eigenvalue weighted by Crippen LogP contribution is -2.43. The number of rotatable bonds is 3. The van der Waals surface area contributed by atoms with Crippen molar-refractivity contribution in [2.45, 2.75) is 37.1 Å². The van der Waals surface area contributed by atoms with E-state index in [-0.39, 0.29) is 16.8 Å². The highest BCUT2D eigenvalue weighted by atomic mass is 32.2. The number of hydrogen-bond donors (Lipinski definition) is 3. The monoisotopic (exact) mass is 297 g/mol. The number of piperidine rings is 1. The molecule has 1 saturated heterocycles. The largest absolute Gasteiger partial charge is 0.324 e. The molecule has 0 spiro atoms. The summed E-state index contributed by atoms with van der Waals surface area (Å²) in [7, 11) is -3.78. The van der Waals surface area contributed by atoms with Crippen molar-refractivity contribution in [1.29, 1.82) is 0 Å². The van der Waals surface area contributed by atoms with Crippen LogP contribution in [0.15, 0.2) is 23.1 Å². The summed E-state index contributed by atoms with van der Waals surface area (Å²) < 4.78 is 22.9. The SMILES string of the molecule is Cc1c(NC(=O)[C@H]2CCCCN2)cccc1S(N)(=O)=O. The number of nitrogens with one attached hydrogen (secondary N) is 2. The molecule has 1 amide bonds. The molecule has 0 saturated carbocycles. The number of amides is 1. The number of benzene rings is 1. The van der Waals surface area contributed by atoms with Crippen molar-refractivity contribution < 1.29 is 13.2 Å². The first-order valence-electron chi connectivity index (χ1n) is 6.56. The van der Waals surface area contributed by atoms with Crippen molar-refractivity contribution in [2.24, 2.45) is 5.14 Å². The van der Waals surface area contributed by atoms with Crippen LogP contribution in [0.1, 0.15) is 24.8 Å². The van der Waals surface area contributed by atoms with E-state index in [2.05, 4.69) is 10.6 Å². The van der Waals surface area contributed by atoms with Gasteiger partial charge in [-0.05, 0) is 44.0 Å². The predicted molar refractivity (Wildman–Crippen MR) is 76.8 cm³/mol. The summed E-state index contributed by atoms with van der Waals surface area (Å²) in [6, 6.07) is 4.45. The zero-order valence-corrected chi connectivity index (χ0v) is 12.2. The van der Waals surface area contributed by atoms with Gasteiger partial charge in [-0.25, -0.2) is 13.6 Å². The van der Waals surface area contributed by atoms with E-state index in [4.69, 9.17) is 5.14 Å². The van der Waals surface area contributed by atoms with E-state index < -0.39 is 10.0 Å². The lowest BCUT2D eigenvalue weighted by atomic mass is 10.0. The molecule has 6 nitrogen and oxygen atoms in total. The highest BCUT2D eigenvalue weighted by molar-refractivity contribution is 7.89. The Hall–Kier alpha value is -1.44. The first-order chi connectivity index (χ1) is 9.39. The molecule has 1 atom stereocenters. The molecule has 1 fully saturated rings. The average molecular weight is 297 g/mol. The van der Waals surface area contributed by atoms with Crippen molar-refractivity contribution in [3.8, 4) is 0 Å². The van der Waals surface area contributed by atoms with Crippen LogP contribution < -0.4 is 15.8 Å². The predicted octanol–water partition coefficient (Wildman–Crippen LogP) is 0.723. The van der Waals surface area contributed by atoms with E-state index in [0.717, 1.165) is 25.8 Å². The molecule has 0 unspecified atom stereocenters. The third-order valence-electron chi connectivity index (χ3n) is 3.48. The molecule has 1 aliphatic rings. The molecule has 0 aliphatic carbocycles. The smallest absolute Gasteiger partial charge is 0.241 e. The molecule has 110 valence electrons. The van der Waals surface area contributed by atoms with Crippen LogP contribution in [0.4, 0.5) is 5.69 Å². The molecule has 20 heavy (non-hydrogen) atoms. The van der Waals surface area contributed by atoms with E-state index in [1.165, 1.54) is 6.07 Å². The Morgan fingerprint density at radius 3 is 2.75 bits per heavy atom. The highest BCUT2D eigenvalue weighted by Crippen LogP contribution is 2.22. The Balaban J connectivity index is 2.19. The van der Waals surface area contributed by atoms with Gasteiger partial charge in [-0.1, -0.05) is 12.5 Å². The Morgan fingerprint density at radius 2 is 2.15 bits per heavy atom. The maximum absolute atomic E-state index is 12.1. The third kappa shape index (κ3) is 3.36. The summed E-state index contributed by atoms with van der Waals surface area (Å²) >= 11 is 0. The van der Waals surface area contributed by atoms with Crippen LogP contribution in [0.3, 0.4) is 0 Å². The van der Waals surface area contributed by atoms with Crippen molar-refractivity contribution in [2.75, 3.05) is 11.9 Å². The van der Waals surface area contributed by atoms with Crippen molar-refractivity contribution >= 4 is 21.6 Å². The first-order valence-corrected chi connectivity index (χ1v) is 8.11. The van der Waals surface area contributed by atoms with Crippen LogP contribution in [0, 0.1) is 6.92 Å². The standard InChI is InChI=1S/C13H19N3O3S/c1-9-10(6-4-7-12(9)20(14,18)19)16-13(17)11-5-2-3-8-15-11/h4,6-7,11,15H,2-3,5,8H2,1H3,(H,16,17)(H2,14,18,19)/t11-/m1/s1. The first kappa shape index (κ1) is 15.0. The second kappa shape index (κ2) is 5.90. The van der Waals surface area contributed by atoms with E-state index in [0.29, 0.717) is 11.3 Å². The number of primary sulfonamides is 1. The number of carbonyl (C=O) groups excluding carboxylic acids is 1. The molecule has 4 N–H and O–H groups in total. The lowest BCUT2D eigenvalue weighted by Gasteiger charge is -2.23. The topological polar surface area (TPSA) is 101 Å². The third-order valence-corrected chi connectivity index (χ3v) is 4.53. The number of sulfonamides is 1. The number of carbonyl (C=O) groups is 1. The molecule has 7 heteroatoms. The number of anilines is 1. The Bertz CT molecular complexity index is 607. The molecule has 2 rings (SSSR count). The maximum atomic E-state index is 12.1. The fourth-order valence-corrected chi connectivity index (χ4v) is 3.16. The van der Waals surface area contributed by atoms with Gasteiger partial charge in [0.2, 0.25) is 15.9 Å². The summed E-state index contributed by atoms with van der Waals surface area (Å²) in [4.78, 5) is 12.2. The summed E-state index contributed by atoms with van der Waals surface area (Å²) in [5, 5.41) is 11.1. The zero-order chi connectivity index (χ0) is 14.8. The molecule has 1 aromatic carbocycles. The highest BCUT2D eigenvalue weighted by Gasteiger charge is 2.22. The minimum absolute atomic E-state index is 0.0342. The summed E-state index contributed by atoms with van der Waals surface area (Å²) in [5.74, 6) is -0.139. The Kier molecular flexibility index (Phi) is 4.42. The Morgan fingerprint density at radius 1 is 1.40 bits per heavy atom. The molecule has 1 aromatic rings. The van der Waals surface area contributed by atoms with Gasteiger partial charge >= 0.3 is 0 Å². The van der Waals surface area contributed by atoms with Gasteiger partial charge < -0.3 is 10.6 Å². The van der Waals surface area contributed by atoms with Crippen molar-refractivity contribution in [1.82, 2.24) is 5.32 Å². The fourth-order valence-electron chi connectivity index (χ4n) is 2.35. The van der Waals surface area contributed by atoms with Crippen LogP contribution in [0.5, 0.6) is 0 Å². The molecule has 1 aliphatic heterocycles. The van der Waals surface area contributed by atoms with Gasteiger partial charge in [0.1, 0.15) is 0 Å². The van der Waals surface area contributed by atoms with E-state index in [9.17, 15) is 13.2 Å². The van der Waals surface area contributed by atoms with Crippen LogP contribution >= 0.6 is 0 Å². The fraction of sp³-hybridized carbons (Fsp3) is 0.462. The van der Waals surface area contributed by atoms with Gasteiger partial charge in [0.15, 0.2) is 0 Å². The van der Waals surface area contributed by atoms with Crippen molar-refractivity contribution in [3.63, 3.8) is 0 Å². The maximum Gasteiger partial charge on any atom is 0.241 e. The van der Waals surface area contributed by atoms with Crippen LogP contribution in [0.2, 0.25) is 0 Å². The molecular formula is C13H19N3O3S. The molecular weight excluding hydrogens is 278 g/mol. The molecule has 0 radical (unpaired) electrons. The van der Waals surface area contributed by atoms with Gasteiger partial charge in [0, 0.05) is 5.69 Å². The summed E-state index contributed by atoms with van der Waals surface area (Å²) in [6.45, 7) is 2.46. The van der Waals surface area contributed by atoms with Crippen molar-refractivity contribution in [3.05, 3.63) is 23.8 Å². The van der Waals surface area contributed by atoms with Crippen LogP contribution in [-0.4, -0.2) is 26.9 Å². The molecule has 0 aromatic heterocycles. The van der Waals surface area contributed by atoms with E-state index in [1.807, 2.05) is 0 Å². The number of hydrogen-bond acceptors (Lipinski definition) is 4. The Labute approximate surface area is 118 Å². The lowest BCUT2D eigenvalue weighted by molar-refractivity contribution is -0.118. The second-order valence-corrected chi connectivity index (χ2v) is 6.50. The average Bonchev–Trinajstić information content (AvgIpc) is 2.40. The normalized spacial score (nSPS) is 19.6. The molecule has 1 heterocycles. The minimum atomic E-state index is -3.78. The van der Waals surface area contributed by atoms with E-state index in [1.54, 1.807) is 19.1 Å². The zero-order valence-electron chi connectivity index (χ0n) is 11.3. The minimum Gasteiger partial charge on any atom is -0.324 e. The summed E-state index contributed by atoms with van der Waals surface area (Å²) in [5.41, 5.74) is 0.938.